The van der Waals surface area contributed by atoms with Crippen LogP contribution in [0.4, 0.5) is 0 Å². The predicted octanol–water partition coefficient (Wildman–Crippen LogP) is 5.23. The summed E-state index contributed by atoms with van der Waals surface area (Å²) in [7, 11) is 0. The van der Waals surface area contributed by atoms with Crippen molar-refractivity contribution in [2.24, 2.45) is 0 Å². The van der Waals surface area contributed by atoms with Crippen LogP contribution in [0, 0.1) is 0 Å². The third kappa shape index (κ3) is 7.45. The van der Waals surface area contributed by atoms with Crippen LogP contribution in [-0.4, -0.2) is 35.1 Å². The number of hydrogen-bond acceptors (Lipinski definition) is 7. The first-order valence-corrected chi connectivity index (χ1v) is 13.8. The third-order valence-electron chi connectivity index (χ3n) is 6.66. The van der Waals surface area contributed by atoms with Crippen molar-refractivity contribution in [2.75, 3.05) is 6.61 Å². The van der Waals surface area contributed by atoms with Crippen molar-refractivity contribution < 1.29 is 29.0 Å². The molecule has 1 atom stereocenters. The van der Waals surface area contributed by atoms with Crippen molar-refractivity contribution >= 4 is 49.4 Å². The van der Waals surface area contributed by atoms with Crippen molar-refractivity contribution in [3.63, 3.8) is 0 Å². The Bertz CT molecular complexity index is 1580. The molecular formula is C31H31NO7S. The lowest BCUT2D eigenvalue weighted by Gasteiger charge is -2.34. The zero-order chi connectivity index (χ0) is 28.7. The summed E-state index contributed by atoms with van der Waals surface area (Å²) in [6, 6.07) is 20.9. The number of aliphatic carboxylic acids is 1. The first kappa shape index (κ1) is 28.8. The largest absolute Gasteiger partial charge is 0.489 e. The van der Waals surface area contributed by atoms with Gasteiger partial charge < -0.3 is 19.9 Å². The summed E-state index contributed by atoms with van der Waals surface area (Å²) in [5.74, 6) is -1.19. The van der Waals surface area contributed by atoms with Gasteiger partial charge in [0.1, 0.15) is 19.0 Å². The van der Waals surface area contributed by atoms with Crippen molar-refractivity contribution in [3.8, 4) is 5.75 Å². The number of ether oxygens (including phenoxy) is 2. The molecule has 208 valence electrons. The van der Waals surface area contributed by atoms with Gasteiger partial charge in [-0.15, -0.1) is 11.3 Å². The highest BCUT2D eigenvalue weighted by atomic mass is 32.1. The van der Waals surface area contributed by atoms with E-state index in [4.69, 9.17) is 9.47 Å². The summed E-state index contributed by atoms with van der Waals surface area (Å²) in [5, 5.41) is 13.3. The molecule has 4 rings (SSSR count). The zero-order valence-corrected chi connectivity index (χ0v) is 23.2. The number of aryl methyl sites for hydroxylation is 1. The van der Waals surface area contributed by atoms with Crippen LogP contribution in [0.5, 0.6) is 5.75 Å². The summed E-state index contributed by atoms with van der Waals surface area (Å²) in [4.78, 5) is 48.1. The highest BCUT2D eigenvalue weighted by Crippen LogP contribution is 2.30. The van der Waals surface area contributed by atoms with Crippen LogP contribution < -0.4 is 15.5 Å². The first-order valence-electron chi connectivity index (χ1n) is 12.9. The van der Waals surface area contributed by atoms with Crippen LogP contribution in [0.1, 0.15) is 44.2 Å². The molecule has 0 aliphatic heterocycles. The number of nitrogens with one attached hydrogen (secondary N) is 1. The van der Waals surface area contributed by atoms with E-state index >= 15 is 0 Å². The minimum absolute atomic E-state index is 0.0613. The van der Waals surface area contributed by atoms with Gasteiger partial charge in [-0.05, 0) is 60.7 Å². The summed E-state index contributed by atoms with van der Waals surface area (Å²) in [5.41, 5.74) is 0.860. The second kappa shape index (κ2) is 12.7. The summed E-state index contributed by atoms with van der Waals surface area (Å²) >= 11 is 1.49. The highest BCUT2D eigenvalue weighted by molar-refractivity contribution is 7.24. The molecule has 1 heterocycles. The second-order valence-corrected chi connectivity index (χ2v) is 10.9. The average Bonchev–Trinajstić information content (AvgIpc) is 2.92. The van der Waals surface area contributed by atoms with E-state index in [1.54, 1.807) is 18.2 Å². The number of benzene rings is 3. The van der Waals surface area contributed by atoms with Gasteiger partial charge in [0.2, 0.25) is 5.91 Å². The molecule has 1 unspecified atom stereocenters. The maximum atomic E-state index is 13.2. The maximum Gasteiger partial charge on any atom is 0.303 e. The van der Waals surface area contributed by atoms with Crippen LogP contribution in [0.15, 0.2) is 71.5 Å². The molecule has 0 fully saturated rings. The van der Waals surface area contributed by atoms with Crippen LogP contribution >= 0.6 is 11.3 Å². The number of rotatable bonds is 12. The van der Waals surface area contributed by atoms with Crippen LogP contribution in [0.25, 0.3) is 20.2 Å². The summed E-state index contributed by atoms with van der Waals surface area (Å²) in [6.45, 7) is 2.90. The Balaban J connectivity index is 1.60. The van der Waals surface area contributed by atoms with Gasteiger partial charge in [0.15, 0.2) is 5.43 Å². The molecule has 3 aromatic carbocycles. The number of amides is 1. The number of fused-ring (bicyclic) bond motifs is 2. The van der Waals surface area contributed by atoms with Gasteiger partial charge in [-0.25, -0.2) is 0 Å². The molecule has 0 saturated carbocycles. The molecule has 0 aliphatic carbocycles. The number of hydrogen-bond donors (Lipinski definition) is 2. The monoisotopic (exact) mass is 561 g/mol. The molecule has 0 bridgehead atoms. The molecule has 40 heavy (non-hydrogen) atoms. The van der Waals surface area contributed by atoms with E-state index in [9.17, 15) is 24.3 Å². The Kier molecular flexibility index (Phi) is 9.16. The molecule has 4 aromatic rings. The fourth-order valence-electron chi connectivity index (χ4n) is 4.64. The second-order valence-electron chi connectivity index (χ2n) is 9.83. The van der Waals surface area contributed by atoms with Gasteiger partial charge in [-0.2, -0.15) is 0 Å². The van der Waals surface area contributed by atoms with Gasteiger partial charge in [-0.1, -0.05) is 36.4 Å². The minimum Gasteiger partial charge on any atom is -0.489 e. The summed E-state index contributed by atoms with van der Waals surface area (Å²) in [6.07, 6.45) is 0.725. The SMILES string of the molecule is CC(=O)NC(CCC(=O)O)(CCc1ccc2c(=O)c3ccc(OCc4ccccc4)cc3sc2c1)COC(C)=O. The van der Waals surface area contributed by atoms with Gasteiger partial charge in [0, 0.05) is 40.4 Å². The average molecular weight is 562 g/mol. The molecular weight excluding hydrogens is 530 g/mol. The molecule has 1 aromatic heterocycles. The normalized spacial score (nSPS) is 12.6. The molecule has 0 aliphatic rings. The lowest BCUT2D eigenvalue weighted by molar-refractivity contribution is -0.145. The molecule has 9 heteroatoms. The Morgan fingerprint density at radius 1 is 0.900 bits per heavy atom. The molecule has 2 N–H and O–H groups in total. The highest BCUT2D eigenvalue weighted by Gasteiger charge is 2.33. The fourth-order valence-corrected chi connectivity index (χ4v) is 5.80. The number of esters is 1. The minimum atomic E-state index is -1.04. The van der Waals surface area contributed by atoms with Crippen molar-refractivity contribution in [2.45, 2.75) is 51.7 Å². The third-order valence-corrected chi connectivity index (χ3v) is 7.77. The number of carboxylic acid groups (broad SMARTS) is 1. The Labute approximate surface area is 235 Å². The number of carbonyl (C=O) groups is 3. The molecule has 0 spiro atoms. The molecule has 0 saturated heterocycles. The van der Waals surface area contributed by atoms with Crippen LogP contribution in [0.2, 0.25) is 0 Å². The van der Waals surface area contributed by atoms with Gasteiger partial charge in [0.05, 0.1) is 5.54 Å². The lowest BCUT2D eigenvalue weighted by Crippen LogP contribution is -2.52. The van der Waals surface area contributed by atoms with E-state index in [1.807, 2.05) is 48.5 Å². The van der Waals surface area contributed by atoms with E-state index in [-0.39, 0.29) is 30.8 Å². The van der Waals surface area contributed by atoms with Gasteiger partial charge in [0.25, 0.3) is 0 Å². The Hall–Kier alpha value is -4.24. The standard InChI is InChI=1S/C31H31NO7S/c1-20(33)32-31(15-13-29(35)36,19-39-21(2)34)14-12-22-8-10-25-27(16-22)40-28-17-24(9-11-26(28)30(25)37)38-18-23-6-4-3-5-7-23/h3-11,16-17H,12-15,18-19H2,1-2H3,(H,32,33)(H,35,36). The summed E-state index contributed by atoms with van der Waals surface area (Å²) < 4.78 is 12.8. The maximum absolute atomic E-state index is 13.2. The van der Waals surface area contributed by atoms with E-state index in [2.05, 4.69) is 5.32 Å². The predicted molar refractivity (Wildman–Crippen MR) is 155 cm³/mol. The molecule has 1 amide bonds. The van der Waals surface area contributed by atoms with Crippen LogP contribution in [-0.2, 0) is 32.1 Å². The fraction of sp³-hybridized carbons (Fsp3) is 0.290. The van der Waals surface area contributed by atoms with Crippen molar-refractivity contribution in [1.82, 2.24) is 5.32 Å². The molecule has 8 nitrogen and oxygen atoms in total. The topological polar surface area (TPSA) is 119 Å². The Morgan fingerprint density at radius 2 is 1.60 bits per heavy atom. The quantitative estimate of drug-likeness (QED) is 0.180. The van der Waals surface area contributed by atoms with Gasteiger partial charge in [-0.3, -0.25) is 19.2 Å². The first-order chi connectivity index (χ1) is 19.1. The molecule has 0 radical (unpaired) electrons. The smallest absolute Gasteiger partial charge is 0.303 e. The van der Waals surface area contributed by atoms with E-state index in [0.29, 0.717) is 36.0 Å². The number of carboxylic acids is 1. The number of carbonyl (C=O) groups excluding carboxylic acids is 2. The Morgan fingerprint density at radius 3 is 2.27 bits per heavy atom. The van der Waals surface area contributed by atoms with Crippen molar-refractivity contribution in [3.05, 3.63) is 88.1 Å². The van der Waals surface area contributed by atoms with E-state index in [0.717, 1.165) is 20.5 Å². The zero-order valence-electron chi connectivity index (χ0n) is 22.4. The van der Waals surface area contributed by atoms with Gasteiger partial charge >= 0.3 is 11.9 Å². The van der Waals surface area contributed by atoms with Crippen LogP contribution in [0.3, 0.4) is 0 Å². The van der Waals surface area contributed by atoms with E-state index < -0.39 is 17.5 Å². The van der Waals surface area contributed by atoms with E-state index in [1.165, 1.54) is 25.2 Å². The van der Waals surface area contributed by atoms with Crippen molar-refractivity contribution in [1.29, 1.82) is 0 Å². The lowest BCUT2D eigenvalue weighted by atomic mass is 9.87.